The summed E-state index contributed by atoms with van der Waals surface area (Å²) in [5.41, 5.74) is 0. The first-order chi connectivity index (χ1) is 13.4. The maximum absolute atomic E-state index is 6.17. The fraction of sp³-hybridized carbons (Fsp3) is 0.538. The van der Waals surface area contributed by atoms with Crippen LogP contribution < -0.4 is 0 Å². The van der Waals surface area contributed by atoms with E-state index in [2.05, 4.69) is 72.9 Å². The first kappa shape index (κ1) is 30.1. The van der Waals surface area contributed by atoms with Gasteiger partial charge in [-0.3, -0.25) is 0 Å². The van der Waals surface area contributed by atoms with Crippen LogP contribution >= 0.6 is 0 Å². The van der Waals surface area contributed by atoms with Gasteiger partial charge in [0.1, 0.15) is 0 Å². The van der Waals surface area contributed by atoms with Gasteiger partial charge in [0, 0.05) is 0 Å². The molecule has 0 heterocycles. The number of ether oxygens (including phenoxy) is 1. The largest absolute Gasteiger partial charge is 0.366 e. The van der Waals surface area contributed by atoms with E-state index in [9.17, 15) is 0 Å². The minimum absolute atomic E-state index is 0.159. The summed E-state index contributed by atoms with van der Waals surface area (Å²) in [5.74, 6) is 0. The highest BCUT2D eigenvalue weighted by Crippen LogP contribution is 2.13. The number of rotatable bonds is 2. The van der Waals surface area contributed by atoms with Crippen LogP contribution in [0.4, 0.5) is 0 Å². The average molecular weight is 375 g/mol. The number of hydrogen-bond donors (Lipinski definition) is 0. The molecule has 2 unspecified atom stereocenters. The predicted octanol–water partition coefficient (Wildman–Crippen LogP) is 8.77. The molecule has 0 radical (unpaired) electrons. The Morgan fingerprint density at radius 1 is 0.481 bits per heavy atom. The molecule has 0 fully saturated rings. The Morgan fingerprint density at radius 3 is 1.22 bits per heavy atom. The molecule has 27 heavy (non-hydrogen) atoms. The minimum atomic E-state index is 0.159. The van der Waals surface area contributed by atoms with Gasteiger partial charge in [-0.1, -0.05) is 128 Å². The molecule has 0 aromatic heterocycles. The SMILES string of the molecule is C1=CC(OC2/C=C\C=CC/C=C\C2)C/C=C\C/C=C\1.CC.CC.CC.CC. The Balaban J connectivity index is -0.000000638. The normalized spacial score (nSPS) is 24.7. The molecule has 0 aliphatic heterocycles. The summed E-state index contributed by atoms with van der Waals surface area (Å²) in [5, 5.41) is 0. The lowest BCUT2D eigenvalue weighted by atomic mass is 10.2. The minimum Gasteiger partial charge on any atom is -0.366 e. The van der Waals surface area contributed by atoms with E-state index in [-0.39, 0.29) is 12.2 Å². The first-order valence-corrected chi connectivity index (χ1v) is 11.1. The Morgan fingerprint density at radius 2 is 0.852 bits per heavy atom. The summed E-state index contributed by atoms with van der Waals surface area (Å²) in [7, 11) is 0. The van der Waals surface area contributed by atoms with Crippen LogP contribution in [0.5, 0.6) is 0 Å². The second kappa shape index (κ2) is 29.2. The van der Waals surface area contributed by atoms with E-state index >= 15 is 0 Å². The summed E-state index contributed by atoms with van der Waals surface area (Å²) in [6, 6.07) is 0. The lowest BCUT2D eigenvalue weighted by Gasteiger charge is -2.18. The highest BCUT2D eigenvalue weighted by Gasteiger charge is 2.10. The van der Waals surface area contributed by atoms with Crippen molar-refractivity contribution in [3.8, 4) is 0 Å². The fourth-order valence-corrected chi connectivity index (χ4v) is 2.08. The molecule has 2 aliphatic rings. The first-order valence-electron chi connectivity index (χ1n) is 11.1. The van der Waals surface area contributed by atoms with Crippen molar-refractivity contribution >= 4 is 0 Å². The molecule has 1 heteroatoms. The molecule has 0 bridgehead atoms. The monoisotopic (exact) mass is 374 g/mol. The zero-order chi connectivity index (χ0) is 21.2. The third-order valence-electron chi connectivity index (χ3n) is 3.11. The zero-order valence-corrected chi connectivity index (χ0v) is 19.3. The van der Waals surface area contributed by atoms with Gasteiger partial charge in [-0.2, -0.15) is 0 Å². The molecule has 2 atom stereocenters. The van der Waals surface area contributed by atoms with Crippen molar-refractivity contribution < 1.29 is 4.74 Å². The standard InChI is InChI=1S/C18H22O.4C2H6/c1-2-6-10-14-17(13-9-5-1)19-18-15-11-7-3-4-8-12-16-18;4*1-2/h1,3,5-13,15,17-18H,2,4,14,16H2;4*1-2H3/b5-1-,7-3?,10-6-,12-8-,13-9?,15-11-;;;;. The summed E-state index contributed by atoms with van der Waals surface area (Å²) < 4.78 is 6.17. The van der Waals surface area contributed by atoms with Crippen LogP contribution in [0.15, 0.2) is 72.9 Å². The molecule has 0 amide bonds. The third kappa shape index (κ3) is 20.6. The van der Waals surface area contributed by atoms with Crippen molar-refractivity contribution in [2.75, 3.05) is 0 Å². The molecular weight excluding hydrogens is 328 g/mol. The van der Waals surface area contributed by atoms with E-state index in [4.69, 9.17) is 4.74 Å². The van der Waals surface area contributed by atoms with E-state index in [1.807, 2.05) is 55.4 Å². The van der Waals surface area contributed by atoms with Crippen LogP contribution in [-0.4, -0.2) is 12.2 Å². The molecule has 0 N–H and O–H groups in total. The van der Waals surface area contributed by atoms with Crippen LogP contribution in [0.2, 0.25) is 0 Å². The molecule has 2 rings (SSSR count). The lowest BCUT2D eigenvalue weighted by Crippen LogP contribution is -2.18. The topological polar surface area (TPSA) is 9.23 Å². The third-order valence-corrected chi connectivity index (χ3v) is 3.11. The van der Waals surface area contributed by atoms with Crippen molar-refractivity contribution in [1.29, 1.82) is 0 Å². The summed E-state index contributed by atoms with van der Waals surface area (Å²) in [4.78, 5) is 0. The highest BCUT2D eigenvalue weighted by molar-refractivity contribution is 5.12. The zero-order valence-electron chi connectivity index (χ0n) is 19.3. The number of allylic oxidation sites excluding steroid dienone is 8. The molecule has 0 aromatic rings. The molecule has 1 nitrogen and oxygen atoms in total. The highest BCUT2D eigenvalue weighted by atomic mass is 16.5. The van der Waals surface area contributed by atoms with Crippen molar-refractivity contribution in [2.45, 2.75) is 93.3 Å². The summed E-state index contributed by atoms with van der Waals surface area (Å²) in [6.45, 7) is 16.0. The smallest absolute Gasteiger partial charge is 0.0801 e. The van der Waals surface area contributed by atoms with Crippen LogP contribution in [0.3, 0.4) is 0 Å². The van der Waals surface area contributed by atoms with E-state index in [1.54, 1.807) is 0 Å². The van der Waals surface area contributed by atoms with Gasteiger partial charge in [0.2, 0.25) is 0 Å². The maximum Gasteiger partial charge on any atom is 0.0801 e. The molecule has 0 saturated carbocycles. The Kier molecular flexibility index (Phi) is 32.6. The lowest BCUT2D eigenvalue weighted by molar-refractivity contribution is 0.0450. The summed E-state index contributed by atoms with van der Waals surface area (Å²) in [6.07, 6.45) is 30.0. The Hall–Kier alpha value is -1.60. The Labute approximate surface area is 171 Å². The maximum atomic E-state index is 6.17. The van der Waals surface area contributed by atoms with E-state index in [0.29, 0.717) is 0 Å². The molecule has 156 valence electrons. The van der Waals surface area contributed by atoms with Gasteiger partial charge in [-0.25, -0.2) is 0 Å². The van der Waals surface area contributed by atoms with Crippen LogP contribution in [0.1, 0.15) is 81.1 Å². The number of hydrogen-bond acceptors (Lipinski definition) is 1. The van der Waals surface area contributed by atoms with Gasteiger partial charge >= 0.3 is 0 Å². The van der Waals surface area contributed by atoms with Crippen LogP contribution in [-0.2, 0) is 4.74 Å². The van der Waals surface area contributed by atoms with E-state index in [0.717, 1.165) is 25.7 Å². The molecule has 2 aliphatic carbocycles. The van der Waals surface area contributed by atoms with E-state index < -0.39 is 0 Å². The quantitative estimate of drug-likeness (QED) is 0.439. The molecule has 0 spiro atoms. The van der Waals surface area contributed by atoms with Gasteiger partial charge in [-0.05, 0) is 25.7 Å². The predicted molar refractivity (Wildman–Crippen MR) is 127 cm³/mol. The molecule has 0 saturated heterocycles. The van der Waals surface area contributed by atoms with Crippen molar-refractivity contribution in [2.24, 2.45) is 0 Å². The van der Waals surface area contributed by atoms with Gasteiger partial charge in [0.25, 0.3) is 0 Å². The van der Waals surface area contributed by atoms with E-state index in [1.165, 1.54) is 0 Å². The van der Waals surface area contributed by atoms with Gasteiger partial charge < -0.3 is 4.74 Å². The average Bonchev–Trinajstić information content (AvgIpc) is 2.98. The van der Waals surface area contributed by atoms with Gasteiger partial charge in [0.05, 0.1) is 12.2 Å². The summed E-state index contributed by atoms with van der Waals surface area (Å²) >= 11 is 0. The molecule has 0 aromatic carbocycles. The Bertz CT molecular complexity index is 381. The second-order valence-corrected chi connectivity index (χ2v) is 4.72. The fourth-order valence-electron chi connectivity index (χ4n) is 2.08. The van der Waals surface area contributed by atoms with Gasteiger partial charge in [-0.15, -0.1) is 0 Å². The van der Waals surface area contributed by atoms with Crippen LogP contribution in [0.25, 0.3) is 0 Å². The van der Waals surface area contributed by atoms with Crippen molar-refractivity contribution in [3.63, 3.8) is 0 Å². The van der Waals surface area contributed by atoms with Crippen LogP contribution in [0, 0.1) is 0 Å². The van der Waals surface area contributed by atoms with Gasteiger partial charge in [0.15, 0.2) is 0 Å². The van der Waals surface area contributed by atoms with Crippen molar-refractivity contribution in [3.05, 3.63) is 72.9 Å². The molecular formula is C26H46O. The second-order valence-electron chi connectivity index (χ2n) is 4.72. The van der Waals surface area contributed by atoms with Crippen molar-refractivity contribution in [1.82, 2.24) is 0 Å².